The molecule has 0 radical (unpaired) electrons. The van der Waals surface area contributed by atoms with Gasteiger partial charge in [0.05, 0.1) is 4.90 Å². The molecule has 1 amide bonds. The van der Waals surface area contributed by atoms with Crippen LogP contribution in [0.5, 0.6) is 0 Å². The minimum atomic E-state index is -3.85. The molecule has 2 aromatic rings. The van der Waals surface area contributed by atoms with E-state index in [1.165, 1.54) is 0 Å². The predicted molar refractivity (Wildman–Crippen MR) is 125 cm³/mol. The Hall–Kier alpha value is -1.89. The fourth-order valence-corrected chi connectivity index (χ4v) is 5.72. The van der Waals surface area contributed by atoms with E-state index in [4.69, 9.17) is 11.6 Å². The second-order valence-electron chi connectivity index (χ2n) is 8.58. The molecule has 2 aromatic carbocycles. The molecule has 0 saturated carbocycles. The molecule has 1 fully saturated rings. The number of nitrogens with zero attached hydrogens (tertiary/aromatic N) is 1. The minimum Gasteiger partial charge on any atom is -0.341 e. The molecule has 3 rings (SSSR count). The van der Waals surface area contributed by atoms with E-state index in [1.54, 1.807) is 30.0 Å². The lowest BCUT2D eigenvalue weighted by molar-refractivity contribution is -0.134. The van der Waals surface area contributed by atoms with Crippen LogP contribution in [0.25, 0.3) is 0 Å². The highest BCUT2D eigenvalue weighted by molar-refractivity contribution is 7.89. The van der Waals surface area contributed by atoms with Crippen LogP contribution in [-0.2, 0) is 21.2 Å². The maximum atomic E-state index is 13.3. The number of carbonyl (C=O) groups is 1. The van der Waals surface area contributed by atoms with Crippen molar-refractivity contribution < 1.29 is 13.2 Å². The van der Waals surface area contributed by atoms with Crippen LogP contribution >= 0.6 is 11.6 Å². The van der Waals surface area contributed by atoms with E-state index < -0.39 is 16.1 Å². The van der Waals surface area contributed by atoms with Crippen molar-refractivity contribution >= 4 is 27.5 Å². The van der Waals surface area contributed by atoms with Crippen molar-refractivity contribution in [2.24, 2.45) is 5.92 Å². The summed E-state index contributed by atoms with van der Waals surface area (Å²) in [4.78, 5) is 15.3. The number of hydrogen-bond acceptors (Lipinski definition) is 3. The number of rotatable bonds is 7. The third-order valence-corrected chi connectivity index (χ3v) is 7.97. The lowest BCUT2D eigenvalue weighted by Gasteiger charge is -2.33. The zero-order valence-corrected chi connectivity index (χ0v) is 20.0. The molecule has 1 heterocycles. The number of benzene rings is 2. The lowest BCUT2D eigenvalue weighted by Crippen LogP contribution is -2.50. The summed E-state index contributed by atoms with van der Waals surface area (Å²) >= 11 is 6.28. The molecule has 1 aliphatic heterocycles. The molecule has 168 valence electrons. The Morgan fingerprint density at radius 2 is 1.84 bits per heavy atom. The zero-order valence-electron chi connectivity index (χ0n) is 18.4. The van der Waals surface area contributed by atoms with Gasteiger partial charge in [-0.1, -0.05) is 54.4 Å². The molecule has 1 saturated heterocycles. The summed E-state index contributed by atoms with van der Waals surface area (Å²) in [5.74, 6) is 0.421. The maximum Gasteiger partial charge on any atom is 0.241 e. The van der Waals surface area contributed by atoms with Crippen LogP contribution in [-0.4, -0.2) is 38.4 Å². The van der Waals surface area contributed by atoms with E-state index in [9.17, 15) is 13.2 Å². The summed E-state index contributed by atoms with van der Waals surface area (Å²) in [5.41, 5.74) is 2.56. The normalized spacial score (nSPS) is 16.3. The van der Waals surface area contributed by atoms with Crippen molar-refractivity contribution in [3.63, 3.8) is 0 Å². The molecule has 1 aliphatic rings. The van der Waals surface area contributed by atoms with E-state index >= 15 is 0 Å². The Morgan fingerprint density at radius 1 is 1.16 bits per heavy atom. The molecule has 5 nitrogen and oxygen atoms in total. The SMILES string of the molecule is Cc1ccc(S(=O)(=O)NC(CCc2ccccc2Cl)C(=O)N2CCC(C)CC2)c(C)c1. The number of amides is 1. The number of hydrogen-bond donors (Lipinski definition) is 1. The maximum absolute atomic E-state index is 13.3. The standard InChI is InChI=1S/C24H31ClN2O3S/c1-17-12-14-27(15-13-17)24(28)22(10-9-20-6-4-5-7-21(20)25)26-31(29,30)23-11-8-18(2)16-19(23)3/h4-8,11,16-17,22,26H,9-10,12-15H2,1-3H3. The van der Waals surface area contributed by atoms with Crippen LogP contribution in [0.1, 0.15) is 42.9 Å². The lowest BCUT2D eigenvalue weighted by atomic mass is 9.98. The van der Waals surface area contributed by atoms with Crippen LogP contribution in [0.15, 0.2) is 47.4 Å². The van der Waals surface area contributed by atoms with Crippen LogP contribution in [0.2, 0.25) is 5.02 Å². The molecular weight excluding hydrogens is 432 g/mol. The van der Waals surface area contributed by atoms with Gasteiger partial charge < -0.3 is 4.90 Å². The summed E-state index contributed by atoms with van der Waals surface area (Å²) in [5, 5.41) is 0.623. The number of nitrogens with one attached hydrogen (secondary N) is 1. The number of aryl methyl sites for hydroxylation is 3. The fourth-order valence-electron chi connectivity index (χ4n) is 4.03. The van der Waals surface area contributed by atoms with Gasteiger partial charge in [-0.05, 0) is 68.7 Å². The second kappa shape index (κ2) is 10.2. The second-order valence-corrected chi connectivity index (χ2v) is 10.7. The van der Waals surface area contributed by atoms with Gasteiger partial charge in [0.2, 0.25) is 15.9 Å². The van der Waals surface area contributed by atoms with Crippen LogP contribution in [0, 0.1) is 19.8 Å². The van der Waals surface area contributed by atoms with E-state index in [0.717, 1.165) is 24.0 Å². The monoisotopic (exact) mass is 462 g/mol. The molecule has 0 aromatic heterocycles. The Balaban J connectivity index is 1.83. The predicted octanol–water partition coefficient (Wildman–Crippen LogP) is 4.50. The average molecular weight is 463 g/mol. The molecule has 7 heteroatoms. The van der Waals surface area contributed by atoms with E-state index in [0.29, 0.717) is 42.4 Å². The molecule has 0 aliphatic carbocycles. The number of carbonyl (C=O) groups excluding carboxylic acids is 1. The van der Waals surface area contributed by atoms with Crippen LogP contribution in [0.3, 0.4) is 0 Å². The van der Waals surface area contributed by atoms with Crippen molar-refractivity contribution in [2.45, 2.75) is 57.4 Å². The average Bonchev–Trinajstić information content (AvgIpc) is 2.72. The van der Waals surface area contributed by atoms with Crippen LogP contribution in [0.4, 0.5) is 0 Å². The highest BCUT2D eigenvalue weighted by Gasteiger charge is 2.31. The van der Waals surface area contributed by atoms with E-state index in [1.807, 2.05) is 31.2 Å². The molecule has 1 unspecified atom stereocenters. The fraction of sp³-hybridized carbons (Fsp3) is 0.458. The minimum absolute atomic E-state index is 0.160. The Morgan fingerprint density at radius 3 is 2.48 bits per heavy atom. The summed E-state index contributed by atoms with van der Waals surface area (Å²) in [6.07, 6.45) is 2.73. The first-order valence-corrected chi connectivity index (χ1v) is 12.7. The van der Waals surface area contributed by atoms with E-state index in [-0.39, 0.29) is 10.8 Å². The van der Waals surface area contributed by atoms with Gasteiger partial charge in [-0.3, -0.25) is 4.79 Å². The quantitative estimate of drug-likeness (QED) is 0.659. The Bertz CT molecular complexity index is 1030. The largest absolute Gasteiger partial charge is 0.341 e. The van der Waals surface area contributed by atoms with Gasteiger partial charge in [-0.15, -0.1) is 0 Å². The van der Waals surface area contributed by atoms with Crippen molar-refractivity contribution in [3.05, 3.63) is 64.2 Å². The van der Waals surface area contributed by atoms with Gasteiger partial charge in [-0.25, -0.2) is 8.42 Å². The first-order valence-electron chi connectivity index (χ1n) is 10.8. The van der Waals surface area contributed by atoms with Gasteiger partial charge in [0.15, 0.2) is 0 Å². The Labute approximate surface area is 190 Å². The molecule has 1 atom stereocenters. The van der Waals surface area contributed by atoms with Crippen molar-refractivity contribution in [3.8, 4) is 0 Å². The smallest absolute Gasteiger partial charge is 0.241 e. The summed E-state index contributed by atoms with van der Waals surface area (Å²) in [6.45, 7) is 7.19. The molecule has 0 bridgehead atoms. The summed E-state index contributed by atoms with van der Waals surface area (Å²) < 4.78 is 29.1. The molecule has 1 N–H and O–H groups in total. The van der Waals surface area contributed by atoms with Crippen molar-refractivity contribution in [1.29, 1.82) is 0 Å². The third kappa shape index (κ3) is 6.09. The number of piperidine rings is 1. The summed E-state index contributed by atoms with van der Waals surface area (Å²) in [7, 11) is -3.85. The van der Waals surface area contributed by atoms with Crippen molar-refractivity contribution in [1.82, 2.24) is 9.62 Å². The number of likely N-dealkylation sites (tertiary alicyclic amines) is 1. The molecular formula is C24H31ClN2O3S. The first-order chi connectivity index (χ1) is 14.7. The third-order valence-electron chi connectivity index (χ3n) is 5.97. The Kier molecular flexibility index (Phi) is 7.78. The van der Waals surface area contributed by atoms with Crippen LogP contribution < -0.4 is 4.72 Å². The highest BCUT2D eigenvalue weighted by atomic mass is 35.5. The van der Waals surface area contributed by atoms with Crippen molar-refractivity contribution in [2.75, 3.05) is 13.1 Å². The highest BCUT2D eigenvalue weighted by Crippen LogP contribution is 2.22. The molecule has 31 heavy (non-hydrogen) atoms. The zero-order chi connectivity index (χ0) is 22.6. The van der Waals surface area contributed by atoms with Gasteiger partial charge in [0.1, 0.15) is 6.04 Å². The van der Waals surface area contributed by atoms with Gasteiger partial charge in [-0.2, -0.15) is 4.72 Å². The first kappa shape index (κ1) is 23.8. The number of sulfonamides is 1. The van der Waals surface area contributed by atoms with Gasteiger partial charge >= 0.3 is 0 Å². The van der Waals surface area contributed by atoms with E-state index in [2.05, 4.69) is 11.6 Å². The van der Waals surface area contributed by atoms with Gasteiger partial charge in [0, 0.05) is 18.1 Å². The topological polar surface area (TPSA) is 66.5 Å². The summed E-state index contributed by atoms with van der Waals surface area (Å²) in [6, 6.07) is 11.8. The van der Waals surface area contributed by atoms with Gasteiger partial charge in [0.25, 0.3) is 0 Å². The molecule has 0 spiro atoms. The number of halogens is 1.